The van der Waals surface area contributed by atoms with Gasteiger partial charge in [-0.1, -0.05) is 6.92 Å². The molecule has 2 N–H and O–H groups in total. The lowest BCUT2D eigenvalue weighted by atomic mass is 10.0. The van der Waals surface area contributed by atoms with Crippen LogP contribution in [0, 0.1) is 5.82 Å². The van der Waals surface area contributed by atoms with Crippen molar-refractivity contribution in [2.75, 3.05) is 44.2 Å². The fraction of sp³-hybridized carbons (Fsp3) is 0.611. The summed E-state index contributed by atoms with van der Waals surface area (Å²) in [6, 6.07) is 4.95. The van der Waals surface area contributed by atoms with Crippen LogP contribution in [0.1, 0.15) is 38.3 Å². The molecule has 1 unspecified atom stereocenters. The van der Waals surface area contributed by atoms with Crippen molar-refractivity contribution in [2.45, 2.75) is 32.7 Å². The van der Waals surface area contributed by atoms with Gasteiger partial charge in [0.25, 0.3) is 0 Å². The first-order valence-electron chi connectivity index (χ1n) is 8.73. The van der Waals surface area contributed by atoms with E-state index in [9.17, 15) is 9.18 Å². The monoisotopic (exact) mass is 337 g/mol. The highest BCUT2D eigenvalue weighted by atomic mass is 19.1. The molecule has 1 aliphatic rings. The van der Waals surface area contributed by atoms with Gasteiger partial charge in [-0.15, -0.1) is 0 Å². The molecular weight excluding hydrogens is 309 g/mol. The second-order valence-electron chi connectivity index (χ2n) is 6.30. The van der Waals surface area contributed by atoms with Crippen molar-refractivity contribution in [1.29, 1.82) is 0 Å². The lowest BCUT2D eigenvalue weighted by Crippen LogP contribution is -2.46. The van der Waals surface area contributed by atoms with Crippen LogP contribution in [0.25, 0.3) is 0 Å². The number of aliphatic carboxylic acids is 1. The van der Waals surface area contributed by atoms with Crippen molar-refractivity contribution in [1.82, 2.24) is 10.2 Å². The van der Waals surface area contributed by atoms with E-state index >= 15 is 0 Å². The summed E-state index contributed by atoms with van der Waals surface area (Å²) in [6.07, 6.45) is 0.716. The molecule has 0 aliphatic carbocycles. The fourth-order valence-corrected chi connectivity index (χ4v) is 3.13. The van der Waals surface area contributed by atoms with Crippen molar-refractivity contribution < 1.29 is 14.3 Å². The maximum absolute atomic E-state index is 13.8. The Labute approximate surface area is 143 Å². The molecule has 1 heterocycles. The molecule has 6 heteroatoms. The third-order valence-electron chi connectivity index (χ3n) is 4.63. The molecule has 1 atom stereocenters. The summed E-state index contributed by atoms with van der Waals surface area (Å²) in [5.74, 6) is -1.02. The first-order chi connectivity index (χ1) is 11.5. The number of hydrogen-bond donors (Lipinski definition) is 2. The fourth-order valence-electron chi connectivity index (χ4n) is 3.13. The predicted octanol–water partition coefficient (Wildman–Crippen LogP) is 2.48. The molecule has 5 nitrogen and oxygen atoms in total. The summed E-state index contributed by atoms with van der Waals surface area (Å²) < 4.78 is 13.8. The quantitative estimate of drug-likeness (QED) is 0.714. The number of benzene rings is 1. The van der Waals surface area contributed by atoms with E-state index in [0.29, 0.717) is 13.0 Å². The standard InChI is InChI=1S/C18H28FN3O2/c1-3-21-9-11-22(12-10-21)17-7-6-15(19)13-16(17)14(2)20-8-4-5-18(23)24/h6-7,13-14,20H,3-5,8-12H2,1-2H3,(H,23,24). The number of nitrogens with zero attached hydrogens (tertiary/aromatic N) is 2. The van der Waals surface area contributed by atoms with Gasteiger partial charge in [0, 0.05) is 44.3 Å². The third-order valence-corrected chi connectivity index (χ3v) is 4.63. The molecule has 134 valence electrons. The minimum atomic E-state index is -0.787. The highest BCUT2D eigenvalue weighted by molar-refractivity contribution is 5.66. The van der Waals surface area contributed by atoms with Crippen LogP contribution in [-0.4, -0.2) is 55.2 Å². The van der Waals surface area contributed by atoms with Gasteiger partial charge in [-0.2, -0.15) is 0 Å². The van der Waals surface area contributed by atoms with E-state index in [2.05, 4.69) is 22.0 Å². The van der Waals surface area contributed by atoms with Gasteiger partial charge in [-0.25, -0.2) is 4.39 Å². The van der Waals surface area contributed by atoms with E-state index < -0.39 is 5.97 Å². The SMILES string of the molecule is CCN1CCN(c2ccc(F)cc2C(C)NCCCC(=O)O)CC1. The third kappa shape index (κ3) is 5.18. The van der Waals surface area contributed by atoms with Crippen LogP contribution in [0.4, 0.5) is 10.1 Å². The average Bonchev–Trinajstić information content (AvgIpc) is 2.58. The van der Waals surface area contributed by atoms with Crippen molar-refractivity contribution in [2.24, 2.45) is 0 Å². The highest BCUT2D eigenvalue weighted by Gasteiger charge is 2.20. The van der Waals surface area contributed by atoms with Gasteiger partial charge < -0.3 is 20.2 Å². The average molecular weight is 337 g/mol. The topological polar surface area (TPSA) is 55.8 Å². The van der Waals surface area contributed by atoms with Crippen molar-refractivity contribution >= 4 is 11.7 Å². The lowest BCUT2D eigenvalue weighted by Gasteiger charge is -2.37. The number of carboxylic acid groups (broad SMARTS) is 1. The Kier molecular flexibility index (Phi) is 6.99. The molecule has 0 spiro atoms. The Morgan fingerprint density at radius 2 is 2.04 bits per heavy atom. The molecule has 1 aromatic carbocycles. The Bertz CT molecular complexity index is 545. The normalized spacial score (nSPS) is 17.0. The summed E-state index contributed by atoms with van der Waals surface area (Å²) in [5, 5.41) is 12.0. The van der Waals surface area contributed by atoms with Gasteiger partial charge >= 0.3 is 5.97 Å². The lowest BCUT2D eigenvalue weighted by molar-refractivity contribution is -0.137. The van der Waals surface area contributed by atoms with E-state index in [-0.39, 0.29) is 18.3 Å². The molecule has 1 aromatic rings. The van der Waals surface area contributed by atoms with Gasteiger partial charge in [-0.3, -0.25) is 4.79 Å². The molecule has 24 heavy (non-hydrogen) atoms. The summed E-state index contributed by atoms with van der Waals surface area (Å²) in [4.78, 5) is 15.3. The smallest absolute Gasteiger partial charge is 0.303 e. The van der Waals surface area contributed by atoms with E-state index in [1.807, 2.05) is 13.0 Å². The molecule has 0 bridgehead atoms. The first-order valence-corrected chi connectivity index (χ1v) is 8.73. The summed E-state index contributed by atoms with van der Waals surface area (Å²) >= 11 is 0. The highest BCUT2D eigenvalue weighted by Crippen LogP contribution is 2.28. The number of rotatable bonds is 8. The maximum atomic E-state index is 13.8. The maximum Gasteiger partial charge on any atom is 0.303 e. The van der Waals surface area contributed by atoms with Gasteiger partial charge in [-0.05, 0) is 50.2 Å². The molecule has 1 saturated heterocycles. The Morgan fingerprint density at radius 1 is 1.33 bits per heavy atom. The zero-order chi connectivity index (χ0) is 17.5. The molecule has 0 aromatic heterocycles. The number of piperazine rings is 1. The van der Waals surface area contributed by atoms with Crippen LogP contribution in [0.2, 0.25) is 0 Å². The number of nitrogens with one attached hydrogen (secondary N) is 1. The van der Waals surface area contributed by atoms with Crippen molar-refractivity contribution in [3.8, 4) is 0 Å². The molecule has 0 amide bonds. The van der Waals surface area contributed by atoms with Crippen LogP contribution in [0.3, 0.4) is 0 Å². The summed E-state index contributed by atoms with van der Waals surface area (Å²) in [6.45, 7) is 9.76. The van der Waals surface area contributed by atoms with Gasteiger partial charge in [0.2, 0.25) is 0 Å². The number of carbonyl (C=O) groups is 1. The molecule has 1 aliphatic heterocycles. The van der Waals surface area contributed by atoms with Crippen LogP contribution < -0.4 is 10.2 Å². The number of anilines is 1. The zero-order valence-electron chi connectivity index (χ0n) is 14.6. The minimum Gasteiger partial charge on any atom is -0.481 e. The first kappa shape index (κ1) is 18.7. The Balaban J connectivity index is 2.03. The number of hydrogen-bond acceptors (Lipinski definition) is 4. The zero-order valence-corrected chi connectivity index (χ0v) is 14.6. The van der Waals surface area contributed by atoms with Gasteiger partial charge in [0.05, 0.1) is 0 Å². The van der Waals surface area contributed by atoms with Crippen LogP contribution in [0.5, 0.6) is 0 Å². The van der Waals surface area contributed by atoms with E-state index in [4.69, 9.17) is 5.11 Å². The second-order valence-corrected chi connectivity index (χ2v) is 6.30. The molecule has 0 radical (unpaired) electrons. The minimum absolute atomic E-state index is 0.0197. The van der Waals surface area contributed by atoms with E-state index in [1.54, 1.807) is 6.07 Å². The predicted molar refractivity (Wildman–Crippen MR) is 94.0 cm³/mol. The Hall–Kier alpha value is -1.66. The second kappa shape index (κ2) is 8.99. The Morgan fingerprint density at radius 3 is 2.67 bits per heavy atom. The van der Waals surface area contributed by atoms with Gasteiger partial charge in [0.15, 0.2) is 0 Å². The van der Waals surface area contributed by atoms with Crippen molar-refractivity contribution in [3.05, 3.63) is 29.6 Å². The molecule has 0 saturated carbocycles. The van der Waals surface area contributed by atoms with Gasteiger partial charge in [0.1, 0.15) is 5.82 Å². The number of likely N-dealkylation sites (N-methyl/N-ethyl adjacent to an activating group) is 1. The number of carboxylic acids is 1. The molecule has 2 rings (SSSR count). The van der Waals surface area contributed by atoms with Crippen LogP contribution in [0.15, 0.2) is 18.2 Å². The van der Waals surface area contributed by atoms with Crippen LogP contribution >= 0.6 is 0 Å². The summed E-state index contributed by atoms with van der Waals surface area (Å²) in [7, 11) is 0. The number of halogens is 1. The van der Waals surface area contributed by atoms with Crippen molar-refractivity contribution in [3.63, 3.8) is 0 Å². The molecule has 1 fully saturated rings. The largest absolute Gasteiger partial charge is 0.481 e. The van der Waals surface area contributed by atoms with E-state index in [0.717, 1.165) is 44.0 Å². The van der Waals surface area contributed by atoms with E-state index in [1.165, 1.54) is 6.07 Å². The molecular formula is C18H28FN3O2. The van der Waals surface area contributed by atoms with Crippen LogP contribution in [-0.2, 0) is 4.79 Å². The summed E-state index contributed by atoms with van der Waals surface area (Å²) in [5.41, 5.74) is 2.01.